The molecule has 2 heterocycles. The molecule has 0 aliphatic carbocycles. The van der Waals surface area contributed by atoms with Crippen molar-refractivity contribution < 1.29 is 4.74 Å². The predicted molar refractivity (Wildman–Crippen MR) is 111 cm³/mol. The van der Waals surface area contributed by atoms with Crippen LogP contribution in [0.3, 0.4) is 0 Å². The average molecular weight is 386 g/mol. The molecule has 0 unspecified atom stereocenters. The van der Waals surface area contributed by atoms with Crippen LogP contribution in [0.5, 0.6) is 5.75 Å². The molecule has 0 spiro atoms. The second kappa shape index (κ2) is 7.05. The van der Waals surface area contributed by atoms with E-state index in [1.165, 1.54) is 33.2 Å². The summed E-state index contributed by atoms with van der Waals surface area (Å²) in [5.41, 5.74) is 2.48. The van der Waals surface area contributed by atoms with E-state index in [9.17, 15) is 0 Å². The Bertz CT molecular complexity index is 1270. The summed E-state index contributed by atoms with van der Waals surface area (Å²) in [7, 11) is 0. The molecule has 0 bridgehead atoms. The summed E-state index contributed by atoms with van der Waals surface area (Å²) in [6.45, 7) is 2.52. The minimum Gasteiger partial charge on any atom is -0.486 e. The Kier molecular flexibility index (Phi) is 4.25. The summed E-state index contributed by atoms with van der Waals surface area (Å²) in [4.78, 5) is 0.792. The Morgan fingerprint density at radius 2 is 1.75 bits per heavy atom. The minimum atomic E-state index is 0.413. The van der Waals surface area contributed by atoms with Crippen molar-refractivity contribution in [2.45, 2.75) is 20.0 Å². The van der Waals surface area contributed by atoms with Gasteiger partial charge in [-0.2, -0.15) is 9.61 Å². The van der Waals surface area contributed by atoms with Crippen LogP contribution in [0.2, 0.25) is 0 Å². The number of rotatable bonds is 5. The number of fused-ring (bicyclic) bond motifs is 2. The molecule has 5 aromatic rings. The van der Waals surface area contributed by atoms with Gasteiger partial charge in [0, 0.05) is 6.42 Å². The summed E-state index contributed by atoms with van der Waals surface area (Å²) in [5.74, 6) is 1.68. The number of benzene rings is 3. The first kappa shape index (κ1) is 16.9. The van der Waals surface area contributed by atoms with E-state index in [0.29, 0.717) is 13.0 Å². The topological polar surface area (TPSA) is 52.3 Å². The van der Waals surface area contributed by atoms with Gasteiger partial charge in [-0.1, -0.05) is 65.9 Å². The predicted octanol–water partition coefficient (Wildman–Crippen LogP) is 4.82. The fraction of sp³-hybridized carbons (Fsp3) is 0.136. The first-order valence-corrected chi connectivity index (χ1v) is 9.94. The lowest BCUT2D eigenvalue weighted by Gasteiger charge is -2.05. The number of hydrogen-bond donors (Lipinski definition) is 0. The van der Waals surface area contributed by atoms with E-state index < -0.39 is 0 Å². The first-order chi connectivity index (χ1) is 13.8. The number of aromatic nitrogens is 4. The van der Waals surface area contributed by atoms with Gasteiger partial charge in [0.05, 0.1) is 0 Å². The average Bonchev–Trinajstić information content (AvgIpc) is 3.29. The highest BCUT2D eigenvalue weighted by Gasteiger charge is 2.13. The van der Waals surface area contributed by atoms with Crippen LogP contribution in [0.25, 0.3) is 15.7 Å². The highest BCUT2D eigenvalue weighted by Crippen LogP contribution is 2.23. The lowest BCUT2D eigenvalue weighted by atomic mass is 10.1. The van der Waals surface area contributed by atoms with Gasteiger partial charge in [-0.15, -0.1) is 10.2 Å². The number of ether oxygens (including phenoxy) is 1. The SMILES string of the molecule is Cc1ccccc1Cc1nnc2sc(COc3ccc4ccccc4c3)nn12. The van der Waals surface area contributed by atoms with Crippen molar-refractivity contribution in [2.75, 3.05) is 0 Å². The molecule has 3 aromatic carbocycles. The number of nitrogens with zero attached hydrogens (tertiary/aromatic N) is 4. The fourth-order valence-electron chi connectivity index (χ4n) is 3.25. The molecule has 0 aliphatic rings. The third-order valence-corrected chi connectivity index (χ3v) is 5.66. The summed E-state index contributed by atoms with van der Waals surface area (Å²) in [5, 5.41) is 16.5. The van der Waals surface area contributed by atoms with Gasteiger partial charge >= 0.3 is 0 Å². The third kappa shape index (κ3) is 3.23. The van der Waals surface area contributed by atoms with Gasteiger partial charge in [0.15, 0.2) is 10.8 Å². The number of aryl methyl sites for hydroxylation is 1. The molecular weight excluding hydrogens is 368 g/mol. The van der Waals surface area contributed by atoms with Crippen LogP contribution in [0.1, 0.15) is 22.0 Å². The van der Waals surface area contributed by atoms with E-state index in [4.69, 9.17) is 4.74 Å². The molecular formula is C22H18N4OS. The van der Waals surface area contributed by atoms with Crippen LogP contribution in [0, 0.1) is 6.92 Å². The molecule has 2 aromatic heterocycles. The van der Waals surface area contributed by atoms with Crippen LogP contribution in [0.4, 0.5) is 0 Å². The molecule has 0 N–H and O–H groups in total. The van der Waals surface area contributed by atoms with Crippen LogP contribution in [0.15, 0.2) is 66.7 Å². The van der Waals surface area contributed by atoms with Crippen LogP contribution >= 0.6 is 11.3 Å². The van der Waals surface area contributed by atoms with Crippen LogP contribution in [-0.4, -0.2) is 19.8 Å². The quantitative estimate of drug-likeness (QED) is 0.435. The maximum Gasteiger partial charge on any atom is 0.234 e. The van der Waals surface area contributed by atoms with Crippen molar-refractivity contribution in [1.29, 1.82) is 0 Å². The molecule has 0 fully saturated rings. The van der Waals surface area contributed by atoms with E-state index >= 15 is 0 Å². The Labute approximate surface area is 166 Å². The molecule has 138 valence electrons. The van der Waals surface area contributed by atoms with Crippen molar-refractivity contribution in [3.8, 4) is 5.75 Å². The van der Waals surface area contributed by atoms with Gasteiger partial charge in [-0.05, 0) is 41.0 Å². The normalized spacial score (nSPS) is 11.3. The molecule has 0 radical (unpaired) electrons. The Morgan fingerprint density at radius 3 is 2.64 bits per heavy atom. The molecule has 0 atom stereocenters. The molecule has 0 saturated heterocycles. The van der Waals surface area contributed by atoms with Gasteiger partial charge in [0.1, 0.15) is 12.4 Å². The Balaban J connectivity index is 1.35. The van der Waals surface area contributed by atoms with Crippen molar-refractivity contribution in [3.05, 3.63) is 88.7 Å². The lowest BCUT2D eigenvalue weighted by molar-refractivity contribution is 0.304. The molecule has 5 nitrogen and oxygen atoms in total. The zero-order valence-electron chi connectivity index (χ0n) is 15.4. The van der Waals surface area contributed by atoms with Crippen molar-refractivity contribution in [3.63, 3.8) is 0 Å². The van der Waals surface area contributed by atoms with Crippen molar-refractivity contribution in [1.82, 2.24) is 19.8 Å². The summed E-state index contributed by atoms with van der Waals surface area (Å²) < 4.78 is 7.79. The fourth-order valence-corrected chi connectivity index (χ4v) is 4.01. The molecule has 5 rings (SSSR count). The maximum absolute atomic E-state index is 5.96. The molecule has 0 amide bonds. The van der Waals surface area contributed by atoms with E-state index in [1.54, 1.807) is 0 Å². The summed E-state index contributed by atoms with van der Waals surface area (Å²) in [6.07, 6.45) is 0.711. The van der Waals surface area contributed by atoms with Gasteiger partial charge in [-0.25, -0.2) is 0 Å². The Hall–Kier alpha value is -3.25. The third-order valence-electron chi connectivity index (χ3n) is 4.79. The standard InChI is InChI=1S/C22H18N4OS/c1-15-6-2-3-8-17(15)13-20-23-24-22-26(20)25-21(28-22)14-27-19-11-10-16-7-4-5-9-18(16)12-19/h2-12H,13-14H2,1H3. The second-order valence-corrected chi connectivity index (χ2v) is 7.75. The van der Waals surface area contributed by atoms with E-state index in [2.05, 4.69) is 58.6 Å². The van der Waals surface area contributed by atoms with Crippen molar-refractivity contribution in [2.24, 2.45) is 0 Å². The second-order valence-electron chi connectivity index (χ2n) is 6.71. The zero-order valence-corrected chi connectivity index (χ0v) is 16.2. The monoisotopic (exact) mass is 386 g/mol. The summed E-state index contributed by atoms with van der Waals surface area (Å²) in [6, 6.07) is 22.7. The van der Waals surface area contributed by atoms with E-state index in [-0.39, 0.29) is 0 Å². The van der Waals surface area contributed by atoms with E-state index in [1.807, 2.05) is 34.8 Å². The Morgan fingerprint density at radius 1 is 0.929 bits per heavy atom. The molecule has 0 saturated carbocycles. The lowest BCUT2D eigenvalue weighted by Crippen LogP contribution is -2.01. The largest absolute Gasteiger partial charge is 0.486 e. The van der Waals surface area contributed by atoms with Gasteiger partial charge in [0.2, 0.25) is 4.96 Å². The van der Waals surface area contributed by atoms with Crippen molar-refractivity contribution >= 4 is 27.1 Å². The minimum absolute atomic E-state index is 0.413. The highest BCUT2D eigenvalue weighted by atomic mass is 32.1. The van der Waals surface area contributed by atoms with Gasteiger partial charge in [-0.3, -0.25) is 0 Å². The smallest absolute Gasteiger partial charge is 0.234 e. The van der Waals surface area contributed by atoms with Gasteiger partial charge < -0.3 is 4.74 Å². The van der Waals surface area contributed by atoms with Gasteiger partial charge in [0.25, 0.3) is 0 Å². The highest BCUT2D eigenvalue weighted by molar-refractivity contribution is 7.16. The van der Waals surface area contributed by atoms with Crippen LogP contribution in [-0.2, 0) is 13.0 Å². The number of hydrogen-bond acceptors (Lipinski definition) is 5. The van der Waals surface area contributed by atoms with Crippen LogP contribution < -0.4 is 4.74 Å². The zero-order chi connectivity index (χ0) is 18.9. The molecule has 6 heteroatoms. The summed E-state index contributed by atoms with van der Waals surface area (Å²) >= 11 is 1.51. The first-order valence-electron chi connectivity index (χ1n) is 9.12. The molecule has 0 aliphatic heterocycles. The molecule has 28 heavy (non-hydrogen) atoms. The maximum atomic E-state index is 5.96. The van der Waals surface area contributed by atoms with E-state index in [0.717, 1.165) is 21.5 Å².